The van der Waals surface area contributed by atoms with Crippen LogP contribution in [0.2, 0.25) is 0 Å². The summed E-state index contributed by atoms with van der Waals surface area (Å²) in [5.74, 6) is -0.145. The van der Waals surface area contributed by atoms with E-state index in [-0.39, 0.29) is 17.4 Å². The number of rotatable bonds is 6. The van der Waals surface area contributed by atoms with Crippen LogP contribution in [-0.2, 0) is 9.59 Å². The number of Topliss-reactive ketones (excluding diaryl/α,β-unsaturated/α-hetero) is 1. The highest BCUT2D eigenvalue weighted by atomic mass is 79.9. The number of aliphatic hydroxyl groups is 1. The van der Waals surface area contributed by atoms with Crippen LogP contribution in [0.15, 0.2) is 52.5 Å². The van der Waals surface area contributed by atoms with E-state index in [1.807, 2.05) is 31.2 Å². The van der Waals surface area contributed by atoms with Crippen molar-refractivity contribution in [3.05, 3.63) is 63.6 Å². The predicted octanol–water partition coefficient (Wildman–Crippen LogP) is 5.22. The molecule has 1 N–H and O–H groups in total. The monoisotopic (exact) mass is 499 g/mol. The molecule has 0 bridgehead atoms. The number of carbonyl (C=O) groups excluding carboxylic acids is 2. The van der Waals surface area contributed by atoms with Gasteiger partial charge in [-0.2, -0.15) is 0 Å². The van der Waals surface area contributed by atoms with Gasteiger partial charge in [-0.15, -0.1) is 0 Å². The van der Waals surface area contributed by atoms with Crippen LogP contribution in [0.1, 0.15) is 49.8 Å². The van der Waals surface area contributed by atoms with E-state index in [0.717, 1.165) is 31.2 Å². The summed E-state index contributed by atoms with van der Waals surface area (Å²) in [4.78, 5) is 28.1. The molecule has 32 heavy (non-hydrogen) atoms. The SMILES string of the molecule is CCOc1cccc(C2/C(=C(\O)c3ccc(OC)c(Br)c3)C(=O)C(=O)N2C2CCCC2)c1. The predicted molar refractivity (Wildman–Crippen MR) is 125 cm³/mol. The number of hydrogen-bond donors (Lipinski definition) is 1. The summed E-state index contributed by atoms with van der Waals surface area (Å²) in [6.07, 6.45) is 3.74. The Morgan fingerprint density at radius 1 is 1.16 bits per heavy atom. The van der Waals surface area contributed by atoms with Crippen molar-refractivity contribution in [3.8, 4) is 11.5 Å². The van der Waals surface area contributed by atoms with Gasteiger partial charge in [-0.3, -0.25) is 9.59 Å². The van der Waals surface area contributed by atoms with Crippen LogP contribution < -0.4 is 9.47 Å². The minimum Gasteiger partial charge on any atom is -0.507 e. The van der Waals surface area contributed by atoms with Gasteiger partial charge >= 0.3 is 0 Å². The summed E-state index contributed by atoms with van der Waals surface area (Å²) in [6, 6.07) is 11.8. The molecule has 1 aliphatic heterocycles. The van der Waals surface area contributed by atoms with Crippen molar-refractivity contribution < 1.29 is 24.2 Å². The standard InChI is InChI=1S/C25H26BrNO5/c1-3-32-18-10-6-7-15(13-18)22-21(23(28)16-11-12-20(31-2)19(26)14-16)24(29)25(30)27(22)17-8-4-5-9-17/h6-7,10-14,17,22,28H,3-5,8-9H2,1-2H3/b23-21+. The average molecular weight is 500 g/mol. The maximum atomic E-state index is 13.2. The highest BCUT2D eigenvalue weighted by Gasteiger charge is 2.49. The fourth-order valence-corrected chi connectivity index (χ4v) is 5.19. The molecule has 1 atom stereocenters. The van der Waals surface area contributed by atoms with Crippen LogP contribution in [0.25, 0.3) is 5.76 Å². The van der Waals surface area contributed by atoms with Crippen LogP contribution >= 0.6 is 15.9 Å². The van der Waals surface area contributed by atoms with E-state index < -0.39 is 17.7 Å². The first-order valence-electron chi connectivity index (χ1n) is 10.8. The molecule has 2 aliphatic rings. The van der Waals surface area contributed by atoms with Gasteiger partial charge in [-0.1, -0.05) is 25.0 Å². The third kappa shape index (κ3) is 4.01. The first kappa shape index (κ1) is 22.4. The molecular weight excluding hydrogens is 474 g/mol. The number of amides is 1. The molecule has 0 radical (unpaired) electrons. The Kier molecular flexibility index (Phi) is 6.55. The second-order valence-electron chi connectivity index (χ2n) is 8.00. The number of likely N-dealkylation sites (tertiary alicyclic amines) is 1. The van der Waals surface area contributed by atoms with Gasteiger partial charge in [0.15, 0.2) is 0 Å². The molecule has 1 heterocycles. The van der Waals surface area contributed by atoms with Gasteiger partial charge in [0.1, 0.15) is 17.3 Å². The summed E-state index contributed by atoms with van der Waals surface area (Å²) < 4.78 is 11.6. The number of methoxy groups -OCH3 is 1. The van der Waals surface area contributed by atoms with E-state index in [4.69, 9.17) is 9.47 Å². The number of halogens is 1. The van der Waals surface area contributed by atoms with Gasteiger partial charge in [0.2, 0.25) is 0 Å². The highest BCUT2D eigenvalue weighted by molar-refractivity contribution is 9.10. The Hall–Kier alpha value is -2.80. The number of benzene rings is 2. The molecule has 2 aromatic rings. The Morgan fingerprint density at radius 3 is 2.56 bits per heavy atom. The summed E-state index contributed by atoms with van der Waals surface area (Å²) in [6.45, 7) is 2.41. The number of ether oxygens (including phenoxy) is 2. The average Bonchev–Trinajstić information content (AvgIpc) is 3.40. The van der Waals surface area contributed by atoms with Crippen LogP contribution in [0.4, 0.5) is 0 Å². The van der Waals surface area contributed by atoms with Crippen molar-refractivity contribution in [2.75, 3.05) is 13.7 Å². The number of ketones is 1. The van der Waals surface area contributed by atoms with E-state index in [2.05, 4.69) is 15.9 Å². The molecule has 1 saturated carbocycles. The van der Waals surface area contributed by atoms with Gasteiger partial charge in [0.05, 0.1) is 29.8 Å². The van der Waals surface area contributed by atoms with Crippen LogP contribution in [0.3, 0.4) is 0 Å². The Balaban J connectivity index is 1.87. The van der Waals surface area contributed by atoms with E-state index in [0.29, 0.717) is 28.1 Å². The molecular formula is C25H26BrNO5. The van der Waals surface area contributed by atoms with Crippen LogP contribution in [0.5, 0.6) is 11.5 Å². The number of hydrogen-bond acceptors (Lipinski definition) is 5. The number of carbonyl (C=O) groups is 2. The Morgan fingerprint density at radius 2 is 1.91 bits per heavy atom. The third-order valence-corrected chi connectivity index (χ3v) is 6.73. The normalized spacial score (nSPS) is 20.7. The lowest BCUT2D eigenvalue weighted by atomic mass is 9.94. The zero-order valence-corrected chi connectivity index (χ0v) is 19.7. The molecule has 1 amide bonds. The molecule has 0 aromatic heterocycles. The van der Waals surface area contributed by atoms with Gasteiger partial charge in [0, 0.05) is 11.6 Å². The topological polar surface area (TPSA) is 76.1 Å². The van der Waals surface area contributed by atoms with E-state index in [9.17, 15) is 14.7 Å². The van der Waals surface area contributed by atoms with Crippen molar-refractivity contribution >= 4 is 33.4 Å². The lowest BCUT2D eigenvalue weighted by Crippen LogP contribution is -2.37. The van der Waals surface area contributed by atoms with Gasteiger partial charge in [-0.25, -0.2) is 0 Å². The first-order chi connectivity index (χ1) is 15.5. The molecule has 7 heteroatoms. The molecule has 0 spiro atoms. The lowest BCUT2D eigenvalue weighted by Gasteiger charge is -2.31. The Bertz CT molecular complexity index is 1070. The minimum absolute atomic E-state index is 0.0277. The fraction of sp³-hybridized carbons (Fsp3) is 0.360. The summed E-state index contributed by atoms with van der Waals surface area (Å²) in [5.41, 5.74) is 1.29. The summed E-state index contributed by atoms with van der Waals surface area (Å²) in [5, 5.41) is 11.2. The molecule has 1 saturated heterocycles. The maximum Gasteiger partial charge on any atom is 0.295 e. The van der Waals surface area contributed by atoms with Crippen molar-refractivity contribution in [2.24, 2.45) is 0 Å². The molecule has 6 nitrogen and oxygen atoms in total. The number of aliphatic hydroxyl groups excluding tert-OH is 1. The van der Waals surface area contributed by atoms with E-state index >= 15 is 0 Å². The van der Waals surface area contributed by atoms with E-state index in [1.54, 1.807) is 30.2 Å². The maximum absolute atomic E-state index is 13.2. The van der Waals surface area contributed by atoms with Crippen molar-refractivity contribution in [2.45, 2.75) is 44.7 Å². The van der Waals surface area contributed by atoms with Crippen LogP contribution in [-0.4, -0.2) is 41.5 Å². The van der Waals surface area contributed by atoms with E-state index in [1.165, 1.54) is 0 Å². The van der Waals surface area contributed by atoms with Crippen molar-refractivity contribution in [1.82, 2.24) is 4.90 Å². The third-order valence-electron chi connectivity index (χ3n) is 6.11. The smallest absolute Gasteiger partial charge is 0.295 e. The highest BCUT2D eigenvalue weighted by Crippen LogP contribution is 2.44. The molecule has 1 unspecified atom stereocenters. The molecule has 2 aromatic carbocycles. The van der Waals surface area contributed by atoms with Gasteiger partial charge < -0.3 is 19.5 Å². The summed E-state index contributed by atoms with van der Waals surface area (Å²) in [7, 11) is 1.55. The number of nitrogens with zero attached hydrogens (tertiary/aromatic N) is 1. The molecule has 4 rings (SSSR count). The molecule has 168 valence electrons. The second-order valence-corrected chi connectivity index (χ2v) is 8.85. The van der Waals surface area contributed by atoms with Crippen LogP contribution in [0, 0.1) is 0 Å². The van der Waals surface area contributed by atoms with Gasteiger partial charge in [-0.05, 0) is 71.6 Å². The fourth-order valence-electron chi connectivity index (χ4n) is 4.65. The van der Waals surface area contributed by atoms with Gasteiger partial charge in [0.25, 0.3) is 11.7 Å². The second kappa shape index (κ2) is 9.36. The largest absolute Gasteiger partial charge is 0.507 e. The zero-order chi connectivity index (χ0) is 22.8. The van der Waals surface area contributed by atoms with Crippen molar-refractivity contribution in [3.63, 3.8) is 0 Å². The quantitative estimate of drug-likeness (QED) is 0.335. The Labute approximate surface area is 196 Å². The lowest BCUT2D eigenvalue weighted by molar-refractivity contribution is -0.141. The summed E-state index contributed by atoms with van der Waals surface area (Å²) >= 11 is 3.43. The zero-order valence-electron chi connectivity index (χ0n) is 18.1. The minimum atomic E-state index is -0.667. The molecule has 2 fully saturated rings. The first-order valence-corrected chi connectivity index (χ1v) is 11.6. The van der Waals surface area contributed by atoms with Crippen molar-refractivity contribution in [1.29, 1.82) is 0 Å². The molecule has 1 aliphatic carbocycles.